The number of anilines is 1. The van der Waals surface area contributed by atoms with Gasteiger partial charge in [-0.15, -0.1) is 0 Å². The Morgan fingerprint density at radius 3 is 2.25 bits per heavy atom. The highest BCUT2D eigenvalue weighted by atomic mass is 32.1. The summed E-state index contributed by atoms with van der Waals surface area (Å²) in [6.45, 7) is 11.6. The molecule has 2 heterocycles. The number of rotatable bonds is 5. The summed E-state index contributed by atoms with van der Waals surface area (Å²) in [7, 11) is 1.96. The molecule has 2 aromatic heterocycles. The lowest BCUT2D eigenvalue weighted by atomic mass is 10.1. The van der Waals surface area contributed by atoms with Gasteiger partial charge in [0.15, 0.2) is 5.11 Å². The third-order valence-electron chi connectivity index (χ3n) is 5.16. The molecule has 0 bridgehead atoms. The molecule has 0 radical (unpaired) electrons. The van der Waals surface area contributed by atoms with Crippen LogP contribution in [0.3, 0.4) is 0 Å². The van der Waals surface area contributed by atoms with Crippen LogP contribution in [0.15, 0.2) is 24.3 Å². The highest BCUT2D eigenvalue weighted by Crippen LogP contribution is 2.21. The van der Waals surface area contributed by atoms with E-state index in [9.17, 15) is 0 Å². The predicted molar refractivity (Wildman–Crippen MR) is 118 cm³/mol. The Bertz CT molecular complexity index is 997. The van der Waals surface area contributed by atoms with E-state index in [0.717, 1.165) is 35.0 Å². The Balaban J connectivity index is 1.67. The minimum Gasteiger partial charge on any atom is -0.358 e. The van der Waals surface area contributed by atoms with Gasteiger partial charge in [0.1, 0.15) is 0 Å². The van der Waals surface area contributed by atoms with Crippen molar-refractivity contribution in [1.29, 1.82) is 0 Å². The largest absolute Gasteiger partial charge is 0.358 e. The first-order chi connectivity index (χ1) is 13.3. The summed E-state index contributed by atoms with van der Waals surface area (Å²) in [6, 6.07) is 8.54. The molecule has 0 aliphatic rings. The Morgan fingerprint density at radius 2 is 1.64 bits per heavy atom. The van der Waals surface area contributed by atoms with Crippen LogP contribution < -0.4 is 10.6 Å². The van der Waals surface area contributed by atoms with E-state index >= 15 is 0 Å². The second-order valence-corrected chi connectivity index (χ2v) is 7.68. The Hall–Kier alpha value is -2.67. The number of nitrogens with one attached hydrogen (secondary N) is 2. The van der Waals surface area contributed by atoms with E-state index in [2.05, 4.69) is 65.9 Å². The van der Waals surface area contributed by atoms with Gasteiger partial charge in [0.05, 0.1) is 29.3 Å². The number of aromatic nitrogens is 4. The fraction of sp³-hybridized carbons (Fsp3) is 0.381. The Kier molecular flexibility index (Phi) is 5.84. The van der Waals surface area contributed by atoms with Crippen molar-refractivity contribution in [3.05, 3.63) is 63.7 Å². The molecule has 1 aromatic carbocycles. The van der Waals surface area contributed by atoms with Crippen LogP contribution in [0, 0.1) is 34.6 Å². The van der Waals surface area contributed by atoms with E-state index in [1.165, 1.54) is 16.7 Å². The SMILES string of the molecule is Cc1ccc(Cn2nc(C)c(NC(=S)NCc3c(C)nn(C)c3C)c2C)cc1. The summed E-state index contributed by atoms with van der Waals surface area (Å²) in [6.07, 6.45) is 0. The van der Waals surface area contributed by atoms with Crippen LogP contribution in [-0.2, 0) is 20.1 Å². The minimum atomic E-state index is 0.587. The van der Waals surface area contributed by atoms with Crippen LogP contribution >= 0.6 is 12.2 Å². The molecule has 0 atom stereocenters. The van der Waals surface area contributed by atoms with Gasteiger partial charge in [-0.2, -0.15) is 10.2 Å². The zero-order valence-corrected chi connectivity index (χ0v) is 18.2. The van der Waals surface area contributed by atoms with Crippen molar-refractivity contribution >= 4 is 23.0 Å². The summed E-state index contributed by atoms with van der Waals surface area (Å²) >= 11 is 5.51. The lowest BCUT2D eigenvalue weighted by Crippen LogP contribution is -2.28. The van der Waals surface area contributed by atoms with Gasteiger partial charge in [0.25, 0.3) is 0 Å². The second-order valence-electron chi connectivity index (χ2n) is 7.27. The lowest BCUT2D eigenvalue weighted by Gasteiger charge is -2.12. The van der Waals surface area contributed by atoms with Gasteiger partial charge in [0.2, 0.25) is 0 Å². The van der Waals surface area contributed by atoms with E-state index in [-0.39, 0.29) is 0 Å². The molecular formula is C21H28N6S. The molecule has 0 saturated heterocycles. The number of aryl methyl sites for hydroxylation is 4. The van der Waals surface area contributed by atoms with Crippen LogP contribution in [0.2, 0.25) is 0 Å². The van der Waals surface area contributed by atoms with Crippen LogP contribution in [0.4, 0.5) is 5.69 Å². The highest BCUT2D eigenvalue weighted by molar-refractivity contribution is 7.80. The third-order valence-corrected chi connectivity index (χ3v) is 5.40. The maximum Gasteiger partial charge on any atom is 0.171 e. The van der Waals surface area contributed by atoms with Crippen molar-refractivity contribution in [3.63, 3.8) is 0 Å². The lowest BCUT2D eigenvalue weighted by molar-refractivity contribution is 0.659. The molecular weight excluding hydrogens is 368 g/mol. The van der Waals surface area contributed by atoms with E-state index in [0.29, 0.717) is 11.7 Å². The van der Waals surface area contributed by atoms with Gasteiger partial charge < -0.3 is 10.6 Å². The first-order valence-corrected chi connectivity index (χ1v) is 9.80. The molecule has 3 rings (SSSR count). The van der Waals surface area contributed by atoms with Crippen LogP contribution in [0.1, 0.15) is 39.5 Å². The monoisotopic (exact) mass is 396 g/mol. The van der Waals surface area contributed by atoms with Crippen molar-refractivity contribution in [2.45, 2.75) is 47.7 Å². The number of nitrogens with zero attached hydrogens (tertiary/aromatic N) is 4. The molecule has 2 N–H and O–H groups in total. The zero-order chi connectivity index (χ0) is 20.4. The summed E-state index contributed by atoms with van der Waals surface area (Å²) in [5.74, 6) is 0. The topological polar surface area (TPSA) is 59.7 Å². The van der Waals surface area contributed by atoms with E-state index in [1.54, 1.807) is 0 Å². The summed E-state index contributed by atoms with van der Waals surface area (Å²) < 4.78 is 3.91. The summed E-state index contributed by atoms with van der Waals surface area (Å²) in [4.78, 5) is 0. The first kappa shape index (κ1) is 20.1. The Labute approximate surface area is 172 Å². The van der Waals surface area contributed by atoms with Crippen LogP contribution in [-0.4, -0.2) is 24.7 Å². The van der Waals surface area contributed by atoms with Gasteiger partial charge in [0, 0.05) is 24.8 Å². The molecule has 0 aliphatic heterocycles. The second kappa shape index (κ2) is 8.14. The number of thiocarbonyl (C=S) groups is 1. The molecule has 148 valence electrons. The molecule has 7 heteroatoms. The zero-order valence-electron chi connectivity index (χ0n) is 17.4. The minimum absolute atomic E-state index is 0.587. The molecule has 0 fully saturated rings. The van der Waals surface area contributed by atoms with Crippen LogP contribution in [0.25, 0.3) is 0 Å². The van der Waals surface area contributed by atoms with Gasteiger partial charge in [-0.1, -0.05) is 29.8 Å². The molecule has 6 nitrogen and oxygen atoms in total. The molecule has 28 heavy (non-hydrogen) atoms. The number of benzene rings is 1. The van der Waals surface area contributed by atoms with E-state index < -0.39 is 0 Å². The first-order valence-electron chi connectivity index (χ1n) is 9.39. The highest BCUT2D eigenvalue weighted by Gasteiger charge is 2.14. The number of hydrogen-bond acceptors (Lipinski definition) is 3. The number of hydrogen-bond donors (Lipinski definition) is 2. The fourth-order valence-electron chi connectivity index (χ4n) is 3.30. The molecule has 0 unspecified atom stereocenters. The van der Waals surface area contributed by atoms with Crippen LogP contribution in [0.5, 0.6) is 0 Å². The standard InChI is InChI=1S/C21H28N6S/c1-13-7-9-18(10-8-13)12-27-17(5)20(15(3)25-27)23-21(28)22-11-19-14(2)24-26(6)16(19)4/h7-10H,11-12H2,1-6H3,(H2,22,23,28). The normalized spacial score (nSPS) is 10.9. The van der Waals surface area contributed by atoms with Crippen molar-refractivity contribution in [1.82, 2.24) is 24.9 Å². The van der Waals surface area contributed by atoms with Gasteiger partial charge in [-0.25, -0.2) is 0 Å². The molecule has 0 amide bonds. The molecule has 3 aromatic rings. The van der Waals surface area contributed by atoms with Crippen molar-refractivity contribution in [3.8, 4) is 0 Å². The quantitative estimate of drug-likeness (QED) is 0.644. The Morgan fingerprint density at radius 1 is 0.964 bits per heavy atom. The van der Waals surface area contributed by atoms with Crippen molar-refractivity contribution in [2.24, 2.45) is 7.05 Å². The van der Waals surface area contributed by atoms with Gasteiger partial charge in [-0.05, 0) is 52.4 Å². The average molecular weight is 397 g/mol. The van der Waals surface area contributed by atoms with Crippen molar-refractivity contribution in [2.75, 3.05) is 5.32 Å². The maximum absolute atomic E-state index is 5.51. The summed E-state index contributed by atoms with van der Waals surface area (Å²) in [5, 5.41) is 16.3. The van der Waals surface area contributed by atoms with Gasteiger partial charge >= 0.3 is 0 Å². The molecule has 0 aliphatic carbocycles. The smallest absolute Gasteiger partial charge is 0.171 e. The fourth-order valence-corrected chi connectivity index (χ4v) is 3.47. The third kappa shape index (κ3) is 4.25. The van der Waals surface area contributed by atoms with E-state index in [1.807, 2.05) is 30.3 Å². The van der Waals surface area contributed by atoms with Gasteiger partial charge in [-0.3, -0.25) is 9.36 Å². The van der Waals surface area contributed by atoms with Crippen molar-refractivity contribution < 1.29 is 0 Å². The predicted octanol–water partition coefficient (Wildman–Crippen LogP) is 3.69. The average Bonchev–Trinajstić information content (AvgIpc) is 3.04. The summed E-state index contributed by atoms with van der Waals surface area (Å²) in [5.41, 5.74) is 8.79. The maximum atomic E-state index is 5.51. The van der Waals surface area contributed by atoms with E-state index in [4.69, 9.17) is 12.2 Å². The molecule has 0 spiro atoms. The molecule has 0 saturated carbocycles.